The zero-order chi connectivity index (χ0) is 11.8. The number of hydrogen-bond donors (Lipinski definition) is 1. The van der Waals surface area contributed by atoms with Crippen LogP contribution < -0.4 is 0 Å². The predicted molar refractivity (Wildman–Crippen MR) is 56.1 cm³/mol. The highest BCUT2D eigenvalue weighted by Gasteiger charge is 2.71. The van der Waals surface area contributed by atoms with Crippen LogP contribution in [0.1, 0.15) is 12.8 Å². The molecule has 5 nitrogen and oxygen atoms in total. The molecule has 4 rings (SSSR count). The SMILES string of the molecule is O=C(O)[C@@H]1[C@@H]2C=C[C@@]3(O2)[C@H]1C(=O)N1CCC[C@@H]13. The first-order valence-corrected chi connectivity index (χ1v) is 6.05. The smallest absolute Gasteiger partial charge is 0.310 e. The van der Waals surface area contributed by atoms with Crippen LogP contribution in [0.3, 0.4) is 0 Å². The number of carboxylic acids is 1. The Morgan fingerprint density at radius 2 is 2.41 bits per heavy atom. The van der Waals surface area contributed by atoms with Gasteiger partial charge in [-0.2, -0.15) is 0 Å². The van der Waals surface area contributed by atoms with E-state index in [2.05, 4.69) is 0 Å². The first kappa shape index (κ1) is 9.65. The Morgan fingerprint density at radius 1 is 1.59 bits per heavy atom. The van der Waals surface area contributed by atoms with Crippen LogP contribution in [0, 0.1) is 11.8 Å². The zero-order valence-corrected chi connectivity index (χ0v) is 9.20. The highest BCUT2D eigenvalue weighted by molar-refractivity contribution is 5.91. The van der Waals surface area contributed by atoms with Crippen molar-refractivity contribution in [3.63, 3.8) is 0 Å². The number of carbonyl (C=O) groups excluding carboxylic acids is 1. The Balaban J connectivity index is 1.86. The van der Waals surface area contributed by atoms with Crippen LogP contribution in [0.4, 0.5) is 0 Å². The highest BCUT2D eigenvalue weighted by Crippen LogP contribution is 2.57. The van der Waals surface area contributed by atoms with Crippen molar-refractivity contribution >= 4 is 11.9 Å². The van der Waals surface area contributed by atoms with Crippen molar-refractivity contribution in [1.29, 1.82) is 0 Å². The summed E-state index contributed by atoms with van der Waals surface area (Å²) in [5, 5.41) is 9.28. The second-order valence-corrected chi connectivity index (χ2v) is 5.33. The van der Waals surface area contributed by atoms with E-state index in [4.69, 9.17) is 4.74 Å². The number of carbonyl (C=O) groups is 2. The van der Waals surface area contributed by atoms with Crippen molar-refractivity contribution in [1.82, 2.24) is 4.90 Å². The van der Waals surface area contributed by atoms with Crippen LogP contribution >= 0.6 is 0 Å². The lowest BCUT2D eigenvalue weighted by molar-refractivity contribution is -0.148. The van der Waals surface area contributed by atoms with Crippen molar-refractivity contribution in [2.75, 3.05) is 6.54 Å². The third-order valence-electron chi connectivity index (χ3n) is 4.69. The van der Waals surface area contributed by atoms with Crippen LogP contribution in [0.5, 0.6) is 0 Å². The third kappa shape index (κ3) is 0.877. The average Bonchev–Trinajstić information content (AvgIpc) is 3.00. The fourth-order valence-corrected chi connectivity index (χ4v) is 4.10. The van der Waals surface area contributed by atoms with E-state index in [1.54, 1.807) is 0 Å². The van der Waals surface area contributed by atoms with Crippen molar-refractivity contribution in [2.45, 2.75) is 30.6 Å². The molecule has 0 unspecified atom stereocenters. The molecule has 0 aliphatic carbocycles. The number of fused-ring (bicyclic) bond motifs is 2. The molecule has 0 saturated carbocycles. The fourth-order valence-electron chi connectivity index (χ4n) is 4.10. The minimum absolute atomic E-state index is 0.0215. The Labute approximate surface area is 98.0 Å². The topological polar surface area (TPSA) is 66.8 Å². The van der Waals surface area contributed by atoms with Gasteiger partial charge >= 0.3 is 5.97 Å². The van der Waals surface area contributed by atoms with Gasteiger partial charge in [-0.05, 0) is 12.8 Å². The lowest BCUT2D eigenvalue weighted by atomic mass is 9.74. The molecule has 3 saturated heterocycles. The maximum atomic E-state index is 12.3. The fraction of sp³-hybridized carbons (Fsp3) is 0.667. The highest BCUT2D eigenvalue weighted by atomic mass is 16.5. The maximum Gasteiger partial charge on any atom is 0.310 e. The second kappa shape index (κ2) is 2.72. The van der Waals surface area contributed by atoms with Crippen molar-refractivity contribution in [3.8, 4) is 0 Å². The molecule has 0 aromatic heterocycles. The first-order chi connectivity index (χ1) is 8.15. The van der Waals surface area contributed by atoms with Crippen LogP contribution in [0.25, 0.3) is 0 Å². The number of carboxylic acid groups (broad SMARTS) is 1. The van der Waals surface area contributed by atoms with Gasteiger partial charge in [0, 0.05) is 6.54 Å². The van der Waals surface area contributed by atoms with Gasteiger partial charge in [-0.1, -0.05) is 12.2 Å². The monoisotopic (exact) mass is 235 g/mol. The summed E-state index contributed by atoms with van der Waals surface area (Å²) in [6.07, 6.45) is 5.26. The van der Waals surface area contributed by atoms with Gasteiger partial charge in [-0.3, -0.25) is 9.59 Å². The first-order valence-electron chi connectivity index (χ1n) is 6.05. The predicted octanol–water partition coefficient (Wildman–Crippen LogP) is 0.0154. The van der Waals surface area contributed by atoms with Gasteiger partial charge in [-0.15, -0.1) is 0 Å². The number of rotatable bonds is 1. The summed E-state index contributed by atoms with van der Waals surface area (Å²) in [7, 11) is 0. The molecular formula is C12H13NO4. The molecular weight excluding hydrogens is 222 g/mol. The van der Waals surface area contributed by atoms with Crippen molar-refractivity contribution in [2.24, 2.45) is 11.8 Å². The molecule has 90 valence electrons. The number of amides is 1. The number of aliphatic carboxylic acids is 1. The van der Waals surface area contributed by atoms with Crippen LogP contribution in [0.15, 0.2) is 12.2 Å². The number of nitrogens with zero attached hydrogens (tertiary/aromatic N) is 1. The molecule has 0 aromatic rings. The van der Waals surface area contributed by atoms with Crippen molar-refractivity contribution in [3.05, 3.63) is 12.2 Å². The summed E-state index contributed by atoms with van der Waals surface area (Å²) in [6.45, 7) is 0.746. The van der Waals surface area contributed by atoms with Gasteiger partial charge < -0.3 is 14.7 Å². The van der Waals surface area contributed by atoms with E-state index in [-0.39, 0.29) is 11.9 Å². The van der Waals surface area contributed by atoms with Gasteiger partial charge in [0.05, 0.1) is 18.1 Å². The summed E-state index contributed by atoms with van der Waals surface area (Å²) in [5.74, 6) is -2.13. The van der Waals surface area contributed by atoms with E-state index < -0.39 is 29.5 Å². The summed E-state index contributed by atoms with van der Waals surface area (Å²) in [6, 6.07) is 0.0607. The normalized spacial score (nSPS) is 49.9. The van der Waals surface area contributed by atoms with Gasteiger partial charge in [0.2, 0.25) is 5.91 Å². The van der Waals surface area contributed by atoms with Gasteiger partial charge in [-0.25, -0.2) is 0 Å². The standard InChI is InChI=1S/C12H13NO4/c14-10-9-8(11(15)16)6-3-4-12(9,17-6)7-2-1-5-13(7)10/h3-4,6-9H,1-2,5H2,(H,15,16)/t6-,7+,8+,9+,12-/m0/s1. The molecule has 1 spiro atoms. The van der Waals surface area contributed by atoms with Crippen LogP contribution in [-0.2, 0) is 14.3 Å². The molecule has 4 aliphatic rings. The Hall–Kier alpha value is -1.36. The summed E-state index contributed by atoms with van der Waals surface area (Å²) >= 11 is 0. The molecule has 4 aliphatic heterocycles. The molecule has 0 radical (unpaired) electrons. The molecule has 3 fully saturated rings. The summed E-state index contributed by atoms with van der Waals surface area (Å²) in [5.41, 5.74) is -0.638. The molecule has 1 amide bonds. The van der Waals surface area contributed by atoms with E-state index in [1.807, 2.05) is 17.1 Å². The van der Waals surface area contributed by atoms with E-state index in [1.165, 1.54) is 0 Å². The van der Waals surface area contributed by atoms with E-state index in [9.17, 15) is 14.7 Å². The lowest BCUT2D eigenvalue weighted by Crippen LogP contribution is -2.42. The molecule has 4 heterocycles. The van der Waals surface area contributed by atoms with Crippen LogP contribution in [0.2, 0.25) is 0 Å². The maximum absolute atomic E-state index is 12.3. The molecule has 1 N–H and O–H groups in total. The Bertz CT molecular complexity index is 459. The minimum atomic E-state index is -0.916. The average molecular weight is 235 g/mol. The minimum Gasteiger partial charge on any atom is -0.481 e. The van der Waals surface area contributed by atoms with Gasteiger partial charge in [0.15, 0.2) is 0 Å². The Kier molecular flexibility index (Phi) is 1.54. The summed E-state index contributed by atoms with van der Waals surface area (Å²) < 4.78 is 5.89. The number of hydrogen-bond acceptors (Lipinski definition) is 3. The van der Waals surface area contributed by atoms with Crippen molar-refractivity contribution < 1.29 is 19.4 Å². The molecule has 5 heteroatoms. The van der Waals surface area contributed by atoms with E-state index >= 15 is 0 Å². The quantitative estimate of drug-likeness (QED) is 0.650. The van der Waals surface area contributed by atoms with Gasteiger partial charge in [0.1, 0.15) is 11.5 Å². The molecule has 2 bridgehead atoms. The van der Waals surface area contributed by atoms with Gasteiger partial charge in [0.25, 0.3) is 0 Å². The number of ether oxygens (including phenoxy) is 1. The van der Waals surface area contributed by atoms with E-state index in [0.29, 0.717) is 0 Å². The molecule has 17 heavy (non-hydrogen) atoms. The summed E-state index contributed by atoms with van der Waals surface area (Å²) in [4.78, 5) is 25.5. The second-order valence-electron chi connectivity index (χ2n) is 5.33. The van der Waals surface area contributed by atoms with Crippen LogP contribution in [-0.4, -0.2) is 46.2 Å². The van der Waals surface area contributed by atoms with E-state index in [0.717, 1.165) is 19.4 Å². The zero-order valence-electron chi connectivity index (χ0n) is 9.20. The Morgan fingerprint density at radius 3 is 3.18 bits per heavy atom. The third-order valence-corrected chi connectivity index (χ3v) is 4.69. The largest absolute Gasteiger partial charge is 0.481 e. The molecule has 0 aromatic carbocycles. The molecule has 5 atom stereocenters. The lowest BCUT2D eigenvalue weighted by Gasteiger charge is -2.28.